The van der Waals surface area contributed by atoms with Crippen LogP contribution in [0.3, 0.4) is 0 Å². The Morgan fingerprint density at radius 2 is 0.688 bits per heavy atom. The Balaban J connectivity index is 0.000000302. The molecule has 1 heterocycles. The summed E-state index contributed by atoms with van der Waals surface area (Å²) in [5.41, 5.74) is 1.32. The Hall–Kier alpha value is -5.48. The van der Waals surface area contributed by atoms with E-state index in [1.807, 2.05) is 0 Å². The number of hydrogen-bond donors (Lipinski definition) is 9. The molecular formula is C34H36O14. The smallest absolute Gasteiger partial charge is 0.335 e. The van der Waals surface area contributed by atoms with Gasteiger partial charge in [0.2, 0.25) is 0 Å². The molecule has 4 aromatic rings. The van der Waals surface area contributed by atoms with Crippen molar-refractivity contribution < 1.29 is 69.9 Å². The second kappa shape index (κ2) is 22.1. The van der Waals surface area contributed by atoms with Gasteiger partial charge in [-0.15, -0.1) is 0 Å². The van der Waals surface area contributed by atoms with Crippen LogP contribution in [-0.4, -0.2) is 107 Å². The zero-order valence-electron chi connectivity index (χ0n) is 25.2. The van der Waals surface area contributed by atoms with E-state index in [9.17, 15) is 19.2 Å². The highest BCUT2D eigenvalue weighted by molar-refractivity contribution is 5.88. The van der Waals surface area contributed by atoms with E-state index < -0.39 is 61.2 Å². The van der Waals surface area contributed by atoms with Crippen LogP contribution in [0.25, 0.3) is 0 Å². The second-order valence-electron chi connectivity index (χ2n) is 9.40. The Morgan fingerprint density at radius 1 is 0.438 bits per heavy atom. The highest BCUT2D eigenvalue weighted by Crippen LogP contribution is 2.19. The summed E-state index contributed by atoms with van der Waals surface area (Å²) < 4.78 is 4.58. The minimum atomic E-state index is -1.57. The molecule has 48 heavy (non-hydrogen) atoms. The zero-order chi connectivity index (χ0) is 36.1. The highest BCUT2D eigenvalue weighted by atomic mass is 16.6. The van der Waals surface area contributed by atoms with Gasteiger partial charge in [-0.05, 0) is 48.5 Å². The fourth-order valence-electron chi connectivity index (χ4n) is 3.40. The maximum Gasteiger partial charge on any atom is 0.335 e. The fourth-order valence-corrected chi connectivity index (χ4v) is 3.40. The molecule has 4 aromatic carbocycles. The molecule has 1 saturated heterocycles. The molecule has 1 fully saturated rings. The van der Waals surface area contributed by atoms with E-state index in [0.29, 0.717) is 22.3 Å². The lowest BCUT2D eigenvalue weighted by molar-refractivity contribution is -0.286. The van der Waals surface area contributed by atoms with E-state index in [1.165, 1.54) is 0 Å². The van der Waals surface area contributed by atoms with Crippen LogP contribution >= 0.6 is 0 Å². The summed E-state index contributed by atoms with van der Waals surface area (Å²) in [6.07, 6.45) is -7.04. The average molecular weight is 669 g/mol. The SMILES string of the molecule is O=C(O)c1ccccc1.O=C(O)c1ccccc1.O=C(O)c1ccccc1.O=C(O)c1ccccc1.OC[C@H]1OC(O)[C@H](O)[C@@H](O)[C@@H]1O. The van der Waals surface area contributed by atoms with Gasteiger partial charge in [0.1, 0.15) is 24.4 Å². The summed E-state index contributed by atoms with van der Waals surface area (Å²) in [5, 5.41) is 78.2. The lowest BCUT2D eigenvalue weighted by atomic mass is 10.00. The van der Waals surface area contributed by atoms with Gasteiger partial charge in [0, 0.05) is 0 Å². The maximum absolute atomic E-state index is 10.2. The summed E-state index contributed by atoms with van der Waals surface area (Å²) in [6, 6.07) is 33.2. The van der Waals surface area contributed by atoms with Crippen molar-refractivity contribution in [3.8, 4) is 0 Å². The predicted octanol–water partition coefficient (Wildman–Crippen LogP) is 2.32. The van der Waals surface area contributed by atoms with Crippen LogP contribution in [-0.2, 0) is 4.74 Å². The molecule has 0 aliphatic carbocycles. The van der Waals surface area contributed by atoms with Crippen LogP contribution in [0.1, 0.15) is 41.4 Å². The van der Waals surface area contributed by atoms with Gasteiger partial charge in [0.25, 0.3) is 0 Å². The fraction of sp³-hybridized carbons (Fsp3) is 0.176. The molecule has 0 radical (unpaired) electrons. The van der Waals surface area contributed by atoms with Crippen LogP contribution in [0.15, 0.2) is 121 Å². The number of carbonyl (C=O) groups is 4. The van der Waals surface area contributed by atoms with Crippen molar-refractivity contribution in [2.75, 3.05) is 6.61 Å². The van der Waals surface area contributed by atoms with E-state index in [2.05, 4.69) is 4.74 Å². The van der Waals surface area contributed by atoms with E-state index in [-0.39, 0.29) is 0 Å². The van der Waals surface area contributed by atoms with Crippen LogP contribution in [0.4, 0.5) is 0 Å². The maximum atomic E-state index is 10.2. The number of hydrogen-bond acceptors (Lipinski definition) is 10. The predicted molar refractivity (Wildman–Crippen MR) is 170 cm³/mol. The van der Waals surface area contributed by atoms with Gasteiger partial charge >= 0.3 is 23.9 Å². The lowest BCUT2D eigenvalue weighted by Gasteiger charge is -2.37. The number of benzene rings is 4. The zero-order valence-corrected chi connectivity index (χ0v) is 25.2. The van der Waals surface area contributed by atoms with Crippen molar-refractivity contribution in [1.82, 2.24) is 0 Å². The monoisotopic (exact) mass is 668 g/mol. The van der Waals surface area contributed by atoms with Crippen LogP contribution in [0, 0.1) is 0 Å². The van der Waals surface area contributed by atoms with E-state index >= 15 is 0 Å². The largest absolute Gasteiger partial charge is 0.478 e. The molecule has 14 nitrogen and oxygen atoms in total. The number of carboxylic acids is 4. The molecule has 1 aliphatic heterocycles. The number of rotatable bonds is 5. The van der Waals surface area contributed by atoms with Crippen molar-refractivity contribution in [2.24, 2.45) is 0 Å². The number of aliphatic hydroxyl groups is 5. The first kappa shape index (κ1) is 40.5. The van der Waals surface area contributed by atoms with Gasteiger partial charge < -0.3 is 50.7 Å². The van der Waals surface area contributed by atoms with Crippen molar-refractivity contribution in [2.45, 2.75) is 30.7 Å². The van der Waals surface area contributed by atoms with Gasteiger partial charge in [0.15, 0.2) is 6.29 Å². The van der Waals surface area contributed by atoms with Crippen LogP contribution in [0.5, 0.6) is 0 Å². The molecule has 0 amide bonds. The molecule has 5 rings (SSSR count). The van der Waals surface area contributed by atoms with Crippen molar-refractivity contribution in [3.05, 3.63) is 144 Å². The third-order valence-corrected chi connectivity index (χ3v) is 5.95. The molecule has 0 spiro atoms. The van der Waals surface area contributed by atoms with Crippen molar-refractivity contribution >= 4 is 23.9 Å². The third kappa shape index (κ3) is 15.2. The third-order valence-electron chi connectivity index (χ3n) is 5.95. The summed E-state index contributed by atoms with van der Waals surface area (Å²) in [7, 11) is 0. The molecule has 5 atom stereocenters. The topological polar surface area (TPSA) is 260 Å². The molecular weight excluding hydrogens is 632 g/mol. The van der Waals surface area contributed by atoms with Crippen LogP contribution < -0.4 is 0 Å². The second-order valence-corrected chi connectivity index (χ2v) is 9.40. The highest BCUT2D eigenvalue weighted by Gasteiger charge is 2.42. The number of aliphatic hydroxyl groups excluding tert-OH is 5. The van der Waals surface area contributed by atoms with Gasteiger partial charge in [-0.1, -0.05) is 72.8 Å². The first-order chi connectivity index (χ1) is 22.8. The van der Waals surface area contributed by atoms with E-state index in [0.717, 1.165) is 0 Å². The normalized spacial score (nSPS) is 19.0. The quantitative estimate of drug-likeness (QED) is 0.148. The molecule has 0 bridgehead atoms. The van der Waals surface area contributed by atoms with Crippen molar-refractivity contribution in [1.29, 1.82) is 0 Å². The van der Waals surface area contributed by atoms with Crippen LogP contribution in [0.2, 0.25) is 0 Å². The lowest BCUT2D eigenvalue weighted by Crippen LogP contribution is -2.58. The first-order valence-electron chi connectivity index (χ1n) is 13.9. The summed E-state index contributed by atoms with van der Waals surface area (Å²) in [6.45, 7) is -0.526. The van der Waals surface area contributed by atoms with Gasteiger partial charge in [0.05, 0.1) is 28.9 Å². The minimum absolute atomic E-state index is 0.331. The number of ether oxygens (including phenoxy) is 1. The van der Waals surface area contributed by atoms with Gasteiger partial charge in [-0.25, -0.2) is 19.2 Å². The molecule has 9 N–H and O–H groups in total. The molecule has 1 aliphatic rings. The summed E-state index contributed by atoms with van der Waals surface area (Å²) >= 11 is 0. The first-order valence-corrected chi connectivity index (χ1v) is 13.9. The molecule has 256 valence electrons. The summed E-state index contributed by atoms with van der Waals surface area (Å²) in [4.78, 5) is 40.8. The van der Waals surface area contributed by atoms with Crippen molar-refractivity contribution in [3.63, 3.8) is 0 Å². The van der Waals surface area contributed by atoms with E-state index in [4.69, 9.17) is 46.0 Å². The van der Waals surface area contributed by atoms with Gasteiger partial charge in [-0.2, -0.15) is 0 Å². The Kier molecular flexibility index (Phi) is 18.7. The molecule has 0 saturated carbocycles. The molecule has 0 aromatic heterocycles. The molecule has 1 unspecified atom stereocenters. The number of carboxylic acid groups (broad SMARTS) is 4. The average Bonchev–Trinajstić information content (AvgIpc) is 3.11. The minimum Gasteiger partial charge on any atom is -0.478 e. The number of aromatic carboxylic acids is 4. The Morgan fingerprint density at radius 3 is 0.875 bits per heavy atom. The molecule has 14 heteroatoms. The van der Waals surface area contributed by atoms with Gasteiger partial charge in [-0.3, -0.25) is 0 Å². The standard InChI is InChI=1S/4C7H6O2.C6H12O6/c4*8-7(9)6-4-2-1-3-5-6;7-1-2-3(8)4(9)5(10)6(11)12-2/h4*1-5H,(H,8,9);2-11H,1H2/t;;;;2-,3-,4+,5-,6?/m....1/s1. The van der Waals surface area contributed by atoms with E-state index in [1.54, 1.807) is 121 Å². The Labute approximate surface area is 274 Å². The summed E-state index contributed by atoms with van der Waals surface area (Å²) in [5.74, 6) is -3.52. The Bertz CT molecular complexity index is 1300.